The van der Waals surface area contributed by atoms with Crippen LogP contribution in [0.2, 0.25) is 5.02 Å². The number of ketones is 1. The van der Waals surface area contributed by atoms with Crippen LogP contribution in [0.4, 0.5) is 5.69 Å². The normalized spacial score (nSPS) is 14.7. The van der Waals surface area contributed by atoms with Crippen molar-refractivity contribution in [1.82, 2.24) is 0 Å². The van der Waals surface area contributed by atoms with Crippen molar-refractivity contribution >= 4 is 39.9 Å². The average molecular weight is 504 g/mol. The number of nitrogens with zero attached hydrogens (tertiary/aromatic N) is 1. The van der Waals surface area contributed by atoms with Gasteiger partial charge in [0.1, 0.15) is 5.58 Å². The number of fused-ring (bicyclic) bond motifs is 2. The SMILES string of the molecule is CCOc1ccc(C2c3c(oc4ccc(Cl)cc4c3=O)C(=O)N2c2ccc(C(C)=O)cc2)cc1OC. The quantitative estimate of drug-likeness (QED) is 0.309. The van der Waals surface area contributed by atoms with E-state index in [1.807, 2.05) is 6.92 Å². The minimum atomic E-state index is -0.806. The molecule has 5 rings (SSSR count). The molecule has 2 heterocycles. The molecular formula is C28H22ClNO6. The van der Waals surface area contributed by atoms with E-state index in [1.165, 1.54) is 25.0 Å². The van der Waals surface area contributed by atoms with E-state index in [9.17, 15) is 14.4 Å². The molecule has 3 aromatic carbocycles. The molecule has 0 saturated heterocycles. The summed E-state index contributed by atoms with van der Waals surface area (Å²) in [6, 6.07) is 15.8. The molecule has 1 unspecified atom stereocenters. The van der Waals surface area contributed by atoms with Gasteiger partial charge in [0.15, 0.2) is 22.7 Å². The summed E-state index contributed by atoms with van der Waals surface area (Å²) in [6.45, 7) is 3.79. The third-order valence-corrected chi connectivity index (χ3v) is 6.42. The lowest BCUT2D eigenvalue weighted by atomic mass is 9.97. The zero-order chi connectivity index (χ0) is 25.6. The topological polar surface area (TPSA) is 86.0 Å². The second kappa shape index (κ2) is 9.17. The van der Waals surface area contributed by atoms with Crippen LogP contribution < -0.4 is 19.8 Å². The molecular weight excluding hydrogens is 482 g/mol. The Balaban J connectivity index is 1.76. The first kappa shape index (κ1) is 23.6. The number of anilines is 1. The molecule has 1 aromatic heterocycles. The number of amides is 1. The van der Waals surface area contributed by atoms with Crippen LogP contribution in [0.5, 0.6) is 11.5 Å². The second-order valence-corrected chi connectivity index (χ2v) is 8.77. The minimum absolute atomic E-state index is 0.0386. The zero-order valence-electron chi connectivity index (χ0n) is 19.8. The van der Waals surface area contributed by atoms with Crippen LogP contribution in [0, 0.1) is 0 Å². The van der Waals surface area contributed by atoms with E-state index in [2.05, 4.69) is 0 Å². The molecule has 1 atom stereocenters. The Morgan fingerprint density at radius 2 is 1.78 bits per heavy atom. The molecule has 8 heteroatoms. The van der Waals surface area contributed by atoms with Gasteiger partial charge in [0.2, 0.25) is 5.76 Å². The maximum absolute atomic E-state index is 13.7. The van der Waals surface area contributed by atoms with E-state index in [0.29, 0.717) is 39.9 Å². The lowest BCUT2D eigenvalue weighted by molar-refractivity contribution is 0.0970. The monoisotopic (exact) mass is 503 g/mol. The Kier molecular flexibility index (Phi) is 6.02. The van der Waals surface area contributed by atoms with Gasteiger partial charge < -0.3 is 13.9 Å². The molecule has 0 radical (unpaired) electrons. The number of ether oxygens (including phenoxy) is 2. The molecule has 7 nitrogen and oxygen atoms in total. The number of carbonyl (C=O) groups is 2. The highest BCUT2D eigenvalue weighted by Crippen LogP contribution is 2.43. The molecule has 4 aromatic rings. The van der Waals surface area contributed by atoms with Crippen LogP contribution in [-0.4, -0.2) is 25.4 Å². The van der Waals surface area contributed by atoms with Crippen molar-refractivity contribution in [2.24, 2.45) is 0 Å². The highest BCUT2D eigenvalue weighted by molar-refractivity contribution is 6.31. The number of rotatable bonds is 6. The van der Waals surface area contributed by atoms with Gasteiger partial charge >= 0.3 is 0 Å². The van der Waals surface area contributed by atoms with Crippen molar-refractivity contribution in [1.29, 1.82) is 0 Å². The number of carbonyl (C=O) groups excluding carboxylic acids is 2. The summed E-state index contributed by atoms with van der Waals surface area (Å²) in [4.78, 5) is 40.8. The van der Waals surface area contributed by atoms with Crippen LogP contribution in [0.25, 0.3) is 11.0 Å². The first-order valence-electron chi connectivity index (χ1n) is 11.4. The number of methoxy groups -OCH3 is 1. The third-order valence-electron chi connectivity index (χ3n) is 6.19. The van der Waals surface area contributed by atoms with Gasteiger partial charge in [-0.2, -0.15) is 0 Å². The molecule has 182 valence electrons. The largest absolute Gasteiger partial charge is 0.493 e. The Morgan fingerprint density at radius 3 is 2.44 bits per heavy atom. The highest BCUT2D eigenvalue weighted by Gasteiger charge is 2.44. The predicted molar refractivity (Wildman–Crippen MR) is 137 cm³/mol. The maximum atomic E-state index is 13.7. The summed E-state index contributed by atoms with van der Waals surface area (Å²) < 4.78 is 17.1. The standard InChI is InChI=1S/C28H22ClNO6/c1-4-35-22-11-7-17(13-23(22)34-3)25-24-26(32)20-14-18(29)8-12-21(20)36-27(24)28(33)30(25)19-9-5-16(6-10-19)15(2)31/h5-14,25H,4H2,1-3H3. The number of hydrogen-bond donors (Lipinski definition) is 0. The zero-order valence-corrected chi connectivity index (χ0v) is 20.6. The fourth-order valence-corrected chi connectivity index (χ4v) is 4.68. The summed E-state index contributed by atoms with van der Waals surface area (Å²) in [5, 5.41) is 0.667. The molecule has 0 fully saturated rings. The van der Waals surface area contributed by atoms with Gasteiger partial charge in [0, 0.05) is 16.3 Å². The lowest BCUT2D eigenvalue weighted by Crippen LogP contribution is -2.29. The van der Waals surface area contributed by atoms with Gasteiger partial charge in [0.05, 0.1) is 30.7 Å². The Morgan fingerprint density at radius 1 is 1.03 bits per heavy atom. The molecule has 0 aliphatic carbocycles. The third kappa shape index (κ3) is 3.82. The van der Waals surface area contributed by atoms with Crippen molar-refractivity contribution in [3.8, 4) is 11.5 Å². The van der Waals surface area contributed by atoms with E-state index in [0.717, 1.165) is 0 Å². The fourth-order valence-electron chi connectivity index (χ4n) is 4.51. The molecule has 0 saturated carbocycles. The van der Waals surface area contributed by atoms with Gasteiger partial charge in [-0.15, -0.1) is 0 Å². The number of benzene rings is 3. The van der Waals surface area contributed by atoms with Crippen molar-refractivity contribution in [2.45, 2.75) is 19.9 Å². The summed E-state index contributed by atoms with van der Waals surface area (Å²) in [5.41, 5.74) is 1.78. The Hall–Kier alpha value is -4.10. The second-order valence-electron chi connectivity index (χ2n) is 8.34. The average Bonchev–Trinajstić information content (AvgIpc) is 3.17. The first-order chi connectivity index (χ1) is 17.3. The van der Waals surface area contributed by atoms with E-state index >= 15 is 0 Å². The summed E-state index contributed by atoms with van der Waals surface area (Å²) in [7, 11) is 1.53. The van der Waals surface area contributed by atoms with Gasteiger partial charge in [-0.25, -0.2) is 0 Å². The van der Waals surface area contributed by atoms with Crippen molar-refractivity contribution < 1.29 is 23.5 Å². The van der Waals surface area contributed by atoms with Crippen LogP contribution in [-0.2, 0) is 0 Å². The van der Waals surface area contributed by atoms with Gasteiger partial charge in [0.25, 0.3) is 5.91 Å². The van der Waals surface area contributed by atoms with Crippen LogP contribution >= 0.6 is 11.6 Å². The molecule has 36 heavy (non-hydrogen) atoms. The van der Waals surface area contributed by atoms with Crippen LogP contribution in [0.3, 0.4) is 0 Å². The Labute approximate surface area is 211 Å². The molecule has 1 aliphatic rings. The molecule has 1 aliphatic heterocycles. The smallest absolute Gasteiger partial charge is 0.295 e. The Bertz CT molecular complexity index is 1570. The molecule has 0 N–H and O–H groups in total. The maximum Gasteiger partial charge on any atom is 0.295 e. The van der Waals surface area contributed by atoms with Gasteiger partial charge in [-0.05, 0) is 74.0 Å². The van der Waals surface area contributed by atoms with Gasteiger partial charge in [-0.3, -0.25) is 19.3 Å². The molecule has 0 spiro atoms. The van der Waals surface area contributed by atoms with Crippen molar-refractivity contribution in [3.05, 3.63) is 98.4 Å². The number of Topliss-reactive ketones (excluding diaryl/α,β-unsaturated/α-hetero) is 1. The minimum Gasteiger partial charge on any atom is -0.493 e. The van der Waals surface area contributed by atoms with E-state index in [1.54, 1.807) is 54.6 Å². The predicted octanol–water partition coefficient (Wildman–Crippen LogP) is 5.81. The number of halogens is 1. The first-order valence-corrected chi connectivity index (χ1v) is 11.7. The van der Waals surface area contributed by atoms with Crippen LogP contribution in [0.1, 0.15) is 51.9 Å². The molecule has 0 bridgehead atoms. The van der Waals surface area contributed by atoms with Gasteiger partial charge in [-0.1, -0.05) is 17.7 Å². The van der Waals surface area contributed by atoms with Crippen molar-refractivity contribution in [3.63, 3.8) is 0 Å². The fraction of sp³-hybridized carbons (Fsp3) is 0.179. The highest BCUT2D eigenvalue weighted by atomic mass is 35.5. The summed E-state index contributed by atoms with van der Waals surface area (Å²) in [5.74, 6) is 0.416. The van der Waals surface area contributed by atoms with E-state index in [4.69, 9.17) is 25.5 Å². The van der Waals surface area contributed by atoms with E-state index < -0.39 is 11.9 Å². The van der Waals surface area contributed by atoms with Crippen LogP contribution in [0.15, 0.2) is 69.9 Å². The molecule has 1 amide bonds. The summed E-state index contributed by atoms with van der Waals surface area (Å²) >= 11 is 6.16. The number of hydrogen-bond acceptors (Lipinski definition) is 6. The summed E-state index contributed by atoms with van der Waals surface area (Å²) in [6.07, 6.45) is 0. The lowest BCUT2D eigenvalue weighted by Gasteiger charge is -2.26. The van der Waals surface area contributed by atoms with E-state index in [-0.39, 0.29) is 33.5 Å². The van der Waals surface area contributed by atoms with Crippen molar-refractivity contribution in [2.75, 3.05) is 18.6 Å².